The molecule has 0 aliphatic carbocycles. The third-order valence-corrected chi connectivity index (χ3v) is 3.19. The number of ether oxygens (including phenoxy) is 1. The maximum atomic E-state index is 8.89. The first-order valence-corrected chi connectivity index (χ1v) is 5.54. The second-order valence-corrected chi connectivity index (χ2v) is 4.47. The topological polar surface area (TPSA) is 45.6 Å². The van der Waals surface area contributed by atoms with E-state index < -0.39 is 0 Å². The number of thiazole rings is 1. The van der Waals surface area contributed by atoms with Crippen LogP contribution in [0.5, 0.6) is 0 Å². The number of aliphatic hydroxyl groups excluding tert-OH is 1. The molecule has 14 heavy (non-hydrogen) atoms. The summed E-state index contributed by atoms with van der Waals surface area (Å²) >= 11 is 1.58. The highest BCUT2D eigenvalue weighted by atomic mass is 32.1. The van der Waals surface area contributed by atoms with Crippen LogP contribution in [0.3, 0.4) is 0 Å². The minimum atomic E-state index is 0.0980. The lowest BCUT2D eigenvalue weighted by molar-refractivity contribution is 0.0341. The highest BCUT2D eigenvalue weighted by molar-refractivity contribution is 7.11. The lowest BCUT2D eigenvalue weighted by Gasteiger charge is -2.25. The average molecular weight is 214 g/mol. The van der Waals surface area contributed by atoms with Crippen molar-refractivity contribution in [2.75, 3.05) is 26.3 Å². The zero-order valence-electron chi connectivity index (χ0n) is 7.98. The van der Waals surface area contributed by atoms with Crippen molar-refractivity contribution in [3.8, 4) is 0 Å². The summed E-state index contributed by atoms with van der Waals surface area (Å²) in [6.45, 7) is 4.58. The lowest BCUT2D eigenvalue weighted by Crippen LogP contribution is -2.35. The van der Waals surface area contributed by atoms with Crippen LogP contribution in [0.15, 0.2) is 6.20 Å². The van der Waals surface area contributed by atoms with E-state index in [0.29, 0.717) is 0 Å². The zero-order chi connectivity index (χ0) is 9.80. The van der Waals surface area contributed by atoms with E-state index in [1.807, 2.05) is 0 Å². The van der Waals surface area contributed by atoms with Crippen LogP contribution in [0, 0.1) is 0 Å². The molecule has 0 spiro atoms. The first kappa shape index (κ1) is 10.0. The van der Waals surface area contributed by atoms with Gasteiger partial charge in [0.25, 0.3) is 0 Å². The smallest absolute Gasteiger partial charge is 0.107 e. The van der Waals surface area contributed by atoms with Crippen molar-refractivity contribution in [3.63, 3.8) is 0 Å². The number of hydrogen-bond acceptors (Lipinski definition) is 5. The Kier molecular flexibility index (Phi) is 3.47. The van der Waals surface area contributed by atoms with Gasteiger partial charge in [-0.2, -0.15) is 0 Å². The fraction of sp³-hybridized carbons (Fsp3) is 0.667. The van der Waals surface area contributed by atoms with Gasteiger partial charge in [0.05, 0.1) is 31.2 Å². The lowest BCUT2D eigenvalue weighted by atomic mass is 10.4. The predicted molar refractivity (Wildman–Crippen MR) is 54.1 cm³/mol. The summed E-state index contributed by atoms with van der Waals surface area (Å²) < 4.78 is 5.27. The molecule has 0 unspecified atom stereocenters. The van der Waals surface area contributed by atoms with Crippen molar-refractivity contribution < 1.29 is 9.84 Å². The minimum Gasteiger partial charge on any atom is -0.391 e. The molecule has 0 amide bonds. The van der Waals surface area contributed by atoms with E-state index in [1.54, 1.807) is 17.5 Å². The van der Waals surface area contributed by atoms with Crippen molar-refractivity contribution in [1.82, 2.24) is 9.88 Å². The molecule has 1 aromatic heterocycles. The Morgan fingerprint density at radius 2 is 2.29 bits per heavy atom. The molecule has 1 aromatic rings. The van der Waals surface area contributed by atoms with Gasteiger partial charge in [0.1, 0.15) is 5.01 Å². The first-order valence-electron chi connectivity index (χ1n) is 4.73. The Morgan fingerprint density at radius 1 is 1.50 bits per heavy atom. The summed E-state index contributed by atoms with van der Waals surface area (Å²) in [4.78, 5) is 7.52. The van der Waals surface area contributed by atoms with Crippen molar-refractivity contribution in [3.05, 3.63) is 16.1 Å². The van der Waals surface area contributed by atoms with Crippen molar-refractivity contribution in [2.24, 2.45) is 0 Å². The largest absolute Gasteiger partial charge is 0.391 e. The zero-order valence-corrected chi connectivity index (χ0v) is 8.79. The molecule has 5 heteroatoms. The van der Waals surface area contributed by atoms with Gasteiger partial charge in [-0.1, -0.05) is 0 Å². The van der Waals surface area contributed by atoms with Gasteiger partial charge in [-0.15, -0.1) is 11.3 Å². The van der Waals surface area contributed by atoms with E-state index in [4.69, 9.17) is 9.84 Å². The molecule has 0 atom stereocenters. The number of aromatic nitrogens is 1. The molecule has 2 rings (SSSR count). The Hall–Kier alpha value is -0.490. The number of aliphatic hydroxyl groups is 1. The van der Waals surface area contributed by atoms with Crippen molar-refractivity contribution in [2.45, 2.75) is 13.2 Å². The Balaban J connectivity index is 1.89. The molecule has 1 aliphatic rings. The normalized spacial score (nSPS) is 18.6. The summed E-state index contributed by atoms with van der Waals surface area (Å²) in [5.41, 5.74) is 0. The van der Waals surface area contributed by atoms with Gasteiger partial charge in [0.2, 0.25) is 0 Å². The average Bonchev–Trinajstić information content (AvgIpc) is 2.67. The molecule has 1 fully saturated rings. The van der Waals surface area contributed by atoms with Crippen LogP contribution in [-0.2, 0) is 17.9 Å². The second kappa shape index (κ2) is 4.84. The standard InChI is InChI=1S/C9H14N2O2S/c12-7-8-5-10-9(14-8)6-11-1-3-13-4-2-11/h5,12H,1-4,6-7H2. The third kappa shape index (κ3) is 2.51. The molecule has 0 saturated carbocycles. The molecule has 0 aromatic carbocycles. The summed E-state index contributed by atoms with van der Waals surface area (Å²) in [7, 11) is 0. The van der Waals surface area contributed by atoms with E-state index in [1.165, 1.54) is 0 Å². The number of nitrogens with zero attached hydrogens (tertiary/aromatic N) is 2. The minimum absolute atomic E-state index is 0.0980. The number of rotatable bonds is 3. The Bertz CT molecular complexity index is 284. The monoisotopic (exact) mass is 214 g/mol. The molecular weight excluding hydrogens is 200 g/mol. The molecular formula is C9H14N2O2S. The van der Waals surface area contributed by atoms with E-state index in [9.17, 15) is 0 Å². The van der Waals surface area contributed by atoms with Crippen LogP contribution in [0.25, 0.3) is 0 Å². The maximum Gasteiger partial charge on any atom is 0.107 e. The van der Waals surface area contributed by atoms with E-state index in [0.717, 1.165) is 42.7 Å². The first-order chi connectivity index (χ1) is 6.88. The number of morpholine rings is 1. The second-order valence-electron chi connectivity index (χ2n) is 3.27. The van der Waals surface area contributed by atoms with Gasteiger partial charge in [-0.05, 0) is 0 Å². The van der Waals surface area contributed by atoms with E-state index in [2.05, 4.69) is 9.88 Å². The van der Waals surface area contributed by atoms with Gasteiger partial charge in [-0.25, -0.2) is 4.98 Å². The molecule has 1 saturated heterocycles. The highest BCUT2D eigenvalue weighted by Crippen LogP contribution is 2.15. The Labute approximate surface area is 87.1 Å². The molecule has 0 radical (unpaired) electrons. The fourth-order valence-corrected chi connectivity index (χ4v) is 2.27. The molecule has 0 bridgehead atoms. The van der Waals surface area contributed by atoms with Crippen LogP contribution in [0.1, 0.15) is 9.88 Å². The van der Waals surface area contributed by atoms with Crippen LogP contribution in [0.4, 0.5) is 0 Å². The molecule has 1 N–H and O–H groups in total. The van der Waals surface area contributed by atoms with Crippen LogP contribution >= 0.6 is 11.3 Å². The van der Waals surface area contributed by atoms with Gasteiger partial charge >= 0.3 is 0 Å². The van der Waals surface area contributed by atoms with Gasteiger partial charge in [-0.3, -0.25) is 4.90 Å². The van der Waals surface area contributed by atoms with Gasteiger partial charge in [0.15, 0.2) is 0 Å². The predicted octanol–water partition coefficient (Wildman–Crippen LogP) is 0.468. The van der Waals surface area contributed by atoms with Crippen LogP contribution in [0.2, 0.25) is 0 Å². The molecule has 2 heterocycles. The summed E-state index contributed by atoms with van der Waals surface area (Å²) in [6, 6.07) is 0. The van der Waals surface area contributed by atoms with E-state index in [-0.39, 0.29) is 6.61 Å². The van der Waals surface area contributed by atoms with Gasteiger partial charge < -0.3 is 9.84 Å². The van der Waals surface area contributed by atoms with Crippen LogP contribution in [-0.4, -0.2) is 41.3 Å². The summed E-state index contributed by atoms with van der Waals surface area (Å²) in [5.74, 6) is 0. The highest BCUT2D eigenvalue weighted by Gasteiger charge is 2.12. The molecule has 78 valence electrons. The summed E-state index contributed by atoms with van der Waals surface area (Å²) in [6.07, 6.45) is 1.75. The van der Waals surface area contributed by atoms with Crippen LogP contribution < -0.4 is 0 Å². The maximum absolute atomic E-state index is 8.89. The van der Waals surface area contributed by atoms with Crippen molar-refractivity contribution >= 4 is 11.3 Å². The quantitative estimate of drug-likeness (QED) is 0.794. The van der Waals surface area contributed by atoms with E-state index >= 15 is 0 Å². The molecule has 1 aliphatic heterocycles. The molecule has 4 nitrogen and oxygen atoms in total. The third-order valence-electron chi connectivity index (χ3n) is 2.22. The number of hydrogen-bond donors (Lipinski definition) is 1. The fourth-order valence-electron chi connectivity index (χ4n) is 1.44. The van der Waals surface area contributed by atoms with Crippen molar-refractivity contribution in [1.29, 1.82) is 0 Å². The SMILES string of the molecule is OCc1cnc(CN2CCOCC2)s1. The Morgan fingerprint density at radius 3 is 2.93 bits per heavy atom. The van der Waals surface area contributed by atoms with Gasteiger partial charge in [0, 0.05) is 19.3 Å². The summed E-state index contributed by atoms with van der Waals surface area (Å²) in [5, 5.41) is 9.97.